The summed E-state index contributed by atoms with van der Waals surface area (Å²) in [5, 5.41) is 24.9. The molecule has 7 nitrogen and oxygen atoms in total. The van der Waals surface area contributed by atoms with Crippen LogP contribution in [0.2, 0.25) is 5.02 Å². The number of aromatic hydroxyl groups is 1. The van der Waals surface area contributed by atoms with Crippen LogP contribution in [0.25, 0.3) is 5.00 Å². The highest BCUT2D eigenvalue weighted by Gasteiger charge is 2.28. The van der Waals surface area contributed by atoms with Gasteiger partial charge in [0.1, 0.15) is 17.1 Å². The number of hydrogen-bond acceptors (Lipinski definition) is 6. The molecule has 0 saturated carbocycles. The maximum absolute atomic E-state index is 12.9. The molecule has 4 rings (SSSR count). The van der Waals surface area contributed by atoms with Crippen molar-refractivity contribution in [1.82, 2.24) is 20.2 Å². The van der Waals surface area contributed by atoms with E-state index in [9.17, 15) is 9.90 Å². The highest BCUT2D eigenvalue weighted by Crippen LogP contribution is 2.38. The molecule has 2 N–H and O–H groups in total. The highest BCUT2D eigenvalue weighted by molar-refractivity contribution is 7.15. The van der Waals surface area contributed by atoms with E-state index in [1.165, 1.54) is 39.4 Å². The number of nitrogens with one attached hydrogen (secondary N) is 1. The largest absolute Gasteiger partial charge is 0.506 e. The highest BCUT2D eigenvalue weighted by atomic mass is 35.5. The maximum Gasteiger partial charge on any atom is 0.259 e. The first-order valence-corrected chi connectivity index (χ1v) is 8.50. The third-order valence-corrected chi connectivity index (χ3v) is 5.41. The average molecular weight is 362 g/mol. The fraction of sp³-hybridized carbons (Fsp3) is 0.200. The van der Waals surface area contributed by atoms with Crippen molar-refractivity contribution in [2.45, 2.75) is 19.3 Å². The number of carbonyl (C=O) groups excluding carboxylic acids is 1. The predicted octanol–water partition coefficient (Wildman–Crippen LogP) is 2.82. The van der Waals surface area contributed by atoms with Crippen molar-refractivity contribution in [3.8, 4) is 10.8 Å². The molecule has 0 unspecified atom stereocenters. The molecule has 0 radical (unpaired) electrons. The number of aromatic nitrogens is 4. The summed E-state index contributed by atoms with van der Waals surface area (Å²) in [5.74, 6) is -0.346. The summed E-state index contributed by atoms with van der Waals surface area (Å²) in [5.41, 5.74) is 1.86. The second kappa shape index (κ2) is 5.88. The summed E-state index contributed by atoms with van der Waals surface area (Å²) < 4.78 is 1.50. The average Bonchev–Trinajstić information content (AvgIpc) is 3.25. The lowest BCUT2D eigenvalue weighted by Crippen LogP contribution is -2.15. The van der Waals surface area contributed by atoms with Gasteiger partial charge in [0.25, 0.3) is 5.91 Å². The van der Waals surface area contributed by atoms with E-state index in [2.05, 4.69) is 20.8 Å². The van der Waals surface area contributed by atoms with E-state index in [0.29, 0.717) is 15.6 Å². The molecular weight excluding hydrogens is 350 g/mol. The molecule has 0 spiro atoms. The molecule has 24 heavy (non-hydrogen) atoms. The second-order valence-electron chi connectivity index (χ2n) is 5.41. The van der Waals surface area contributed by atoms with Crippen LogP contribution in [0.5, 0.6) is 5.75 Å². The van der Waals surface area contributed by atoms with Gasteiger partial charge < -0.3 is 10.4 Å². The zero-order chi connectivity index (χ0) is 16.7. The van der Waals surface area contributed by atoms with Gasteiger partial charge in [-0.15, -0.1) is 16.4 Å². The number of thiophene rings is 1. The number of fused-ring (bicyclic) bond motifs is 1. The Kier molecular flexibility index (Phi) is 3.70. The summed E-state index contributed by atoms with van der Waals surface area (Å²) >= 11 is 7.46. The minimum Gasteiger partial charge on any atom is -0.506 e. The molecule has 0 bridgehead atoms. The normalized spacial score (nSPS) is 13.0. The Hall–Kier alpha value is -2.45. The molecule has 1 aromatic carbocycles. The summed E-state index contributed by atoms with van der Waals surface area (Å²) in [6.07, 6.45) is 4.29. The van der Waals surface area contributed by atoms with Gasteiger partial charge in [-0.2, -0.15) is 4.68 Å². The second-order valence-corrected chi connectivity index (χ2v) is 6.93. The molecule has 0 atom stereocenters. The molecule has 0 aliphatic heterocycles. The Bertz CT molecular complexity index is 922. The van der Waals surface area contributed by atoms with Crippen LogP contribution in [0, 0.1) is 0 Å². The van der Waals surface area contributed by atoms with Crippen LogP contribution in [-0.2, 0) is 12.8 Å². The van der Waals surface area contributed by atoms with Gasteiger partial charge in [0.05, 0.1) is 11.3 Å². The van der Waals surface area contributed by atoms with E-state index in [1.54, 1.807) is 6.07 Å². The van der Waals surface area contributed by atoms with Gasteiger partial charge in [-0.1, -0.05) is 11.6 Å². The zero-order valence-corrected chi connectivity index (χ0v) is 13.9. The smallest absolute Gasteiger partial charge is 0.259 e. The van der Waals surface area contributed by atoms with Gasteiger partial charge in [-0.05, 0) is 53.5 Å². The summed E-state index contributed by atoms with van der Waals surface area (Å²) in [7, 11) is 0. The monoisotopic (exact) mass is 361 g/mol. The van der Waals surface area contributed by atoms with Crippen molar-refractivity contribution in [3.05, 3.63) is 45.6 Å². The van der Waals surface area contributed by atoms with Crippen molar-refractivity contribution < 1.29 is 9.90 Å². The summed E-state index contributed by atoms with van der Waals surface area (Å²) in [6.45, 7) is 0. The molecule has 1 amide bonds. The van der Waals surface area contributed by atoms with Gasteiger partial charge in [0.2, 0.25) is 0 Å². The summed E-state index contributed by atoms with van der Waals surface area (Å²) in [4.78, 5) is 14.1. The SMILES string of the molecule is O=C(Nc1cc(Cl)ccc1O)c1c(-n2cnnn2)sc2c1CCC2. The quantitative estimate of drug-likeness (QED) is 0.700. The molecular formula is C15H12ClN5O2S. The van der Waals surface area contributed by atoms with Crippen molar-refractivity contribution >= 4 is 34.5 Å². The Labute approximate surface area is 145 Å². The van der Waals surface area contributed by atoms with Crippen molar-refractivity contribution in [2.24, 2.45) is 0 Å². The Balaban J connectivity index is 1.75. The Morgan fingerprint density at radius 2 is 2.25 bits per heavy atom. The van der Waals surface area contributed by atoms with Crippen LogP contribution in [0.3, 0.4) is 0 Å². The van der Waals surface area contributed by atoms with Gasteiger partial charge in [0, 0.05) is 9.90 Å². The number of halogens is 1. The molecule has 9 heteroatoms. The fourth-order valence-corrected chi connectivity index (χ4v) is 4.31. The van der Waals surface area contributed by atoms with E-state index in [1.807, 2.05) is 0 Å². The van der Waals surface area contributed by atoms with Gasteiger partial charge in [0.15, 0.2) is 0 Å². The van der Waals surface area contributed by atoms with Crippen LogP contribution in [0.1, 0.15) is 27.2 Å². The van der Waals surface area contributed by atoms with E-state index in [-0.39, 0.29) is 17.3 Å². The van der Waals surface area contributed by atoms with Crippen LogP contribution in [0.15, 0.2) is 24.5 Å². The zero-order valence-electron chi connectivity index (χ0n) is 12.4. The van der Waals surface area contributed by atoms with E-state index in [0.717, 1.165) is 24.8 Å². The third kappa shape index (κ3) is 2.53. The minimum atomic E-state index is -0.308. The first kappa shape index (κ1) is 15.1. The van der Waals surface area contributed by atoms with Crippen molar-refractivity contribution in [2.75, 3.05) is 5.32 Å². The third-order valence-electron chi connectivity index (χ3n) is 3.89. The first-order chi connectivity index (χ1) is 11.6. The number of phenols is 1. The number of carbonyl (C=O) groups is 1. The number of tetrazole rings is 1. The number of anilines is 1. The molecule has 3 aromatic rings. The van der Waals surface area contributed by atoms with Gasteiger partial charge >= 0.3 is 0 Å². The number of hydrogen-bond donors (Lipinski definition) is 2. The molecule has 1 aliphatic rings. The molecule has 1 aliphatic carbocycles. The number of phenolic OH excluding ortho intramolecular Hbond substituents is 1. The van der Waals surface area contributed by atoms with Crippen molar-refractivity contribution in [3.63, 3.8) is 0 Å². The number of amides is 1. The molecule has 2 aromatic heterocycles. The number of aryl methyl sites for hydroxylation is 1. The standard InChI is InChI=1S/C15H12ClN5O2S/c16-8-4-5-11(22)10(6-8)18-14(23)13-9-2-1-3-12(9)24-15(13)21-7-17-19-20-21/h4-7,22H,1-3H2,(H,18,23). The van der Waals surface area contributed by atoms with Crippen LogP contribution in [-0.4, -0.2) is 31.2 Å². The Morgan fingerprint density at radius 3 is 3.04 bits per heavy atom. The number of benzene rings is 1. The Morgan fingerprint density at radius 1 is 1.38 bits per heavy atom. The molecule has 2 heterocycles. The van der Waals surface area contributed by atoms with E-state index < -0.39 is 0 Å². The topological polar surface area (TPSA) is 92.9 Å². The van der Waals surface area contributed by atoms with Crippen molar-refractivity contribution in [1.29, 1.82) is 0 Å². The fourth-order valence-electron chi connectivity index (χ4n) is 2.83. The van der Waals surface area contributed by atoms with Crippen LogP contribution in [0.4, 0.5) is 5.69 Å². The van der Waals surface area contributed by atoms with Gasteiger partial charge in [-0.25, -0.2) is 0 Å². The maximum atomic E-state index is 12.9. The lowest BCUT2D eigenvalue weighted by Gasteiger charge is -2.09. The van der Waals surface area contributed by atoms with Gasteiger partial charge in [-0.3, -0.25) is 4.79 Å². The van der Waals surface area contributed by atoms with Crippen LogP contribution < -0.4 is 5.32 Å². The number of nitrogens with zero attached hydrogens (tertiary/aromatic N) is 4. The van der Waals surface area contributed by atoms with Crippen LogP contribution >= 0.6 is 22.9 Å². The molecule has 0 saturated heterocycles. The predicted molar refractivity (Wildman–Crippen MR) is 90.1 cm³/mol. The minimum absolute atomic E-state index is 0.0383. The lowest BCUT2D eigenvalue weighted by atomic mass is 10.1. The van der Waals surface area contributed by atoms with E-state index >= 15 is 0 Å². The summed E-state index contributed by atoms with van der Waals surface area (Å²) in [6, 6.07) is 4.51. The lowest BCUT2D eigenvalue weighted by molar-refractivity contribution is 0.102. The first-order valence-electron chi connectivity index (χ1n) is 7.31. The number of rotatable bonds is 3. The molecule has 0 fully saturated rings. The van der Waals surface area contributed by atoms with E-state index in [4.69, 9.17) is 11.6 Å². The molecule has 122 valence electrons.